The highest BCUT2D eigenvalue weighted by molar-refractivity contribution is 5.71. The average Bonchev–Trinajstić information content (AvgIpc) is 2.94. The first-order valence-electron chi connectivity index (χ1n) is 6.50. The fraction of sp³-hybridized carbons (Fsp3) is 0.692. The molecule has 0 amide bonds. The third-order valence-electron chi connectivity index (χ3n) is 3.65. The van der Waals surface area contributed by atoms with Crippen molar-refractivity contribution in [2.75, 3.05) is 19.8 Å². The Morgan fingerprint density at radius 1 is 1.47 bits per heavy atom. The minimum atomic E-state index is -0.805. The van der Waals surface area contributed by atoms with Crippen molar-refractivity contribution in [2.24, 2.45) is 5.92 Å². The maximum absolute atomic E-state index is 11.2. The predicted molar refractivity (Wildman–Crippen MR) is 67.8 cm³/mol. The third-order valence-corrected chi connectivity index (χ3v) is 3.65. The standard InChI is InChI=1S/C13H20N2O4/c1-4-15(5-12-14-8(2)9(3)19-12)11-7-18-6-10(11)13(16)17/h10-11H,4-7H2,1-3H3,(H,16,17). The van der Waals surface area contributed by atoms with Crippen LogP contribution in [0.5, 0.6) is 0 Å². The van der Waals surface area contributed by atoms with Crippen molar-refractivity contribution in [2.45, 2.75) is 33.4 Å². The number of aliphatic carboxylic acids is 1. The van der Waals surface area contributed by atoms with Crippen LogP contribution in [0.3, 0.4) is 0 Å². The van der Waals surface area contributed by atoms with E-state index in [1.807, 2.05) is 20.8 Å². The van der Waals surface area contributed by atoms with E-state index in [-0.39, 0.29) is 12.6 Å². The molecule has 1 N–H and O–H groups in total. The molecule has 0 spiro atoms. The van der Waals surface area contributed by atoms with Gasteiger partial charge in [-0.1, -0.05) is 6.92 Å². The van der Waals surface area contributed by atoms with E-state index < -0.39 is 11.9 Å². The second kappa shape index (κ2) is 5.71. The molecule has 0 aromatic carbocycles. The highest BCUT2D eigenvalue weighted by Gasteiger charge is 2.37. The first kappa shape index (κ1) is 14.0. The van der Waals surface area contributed by atoms with E-state index in [0.717, 1.165) is 18.0 Å². The van der Waals surface area contributed by atoms with Gasteiger partial charge in [0.25, 0.3) is 0 Å². The van der Waals surface area contributed by atoms with Gasteiger partial charge in [-0.15, -0.1) is 0 Å². The van der Waals surface area contributed by atoms with Crippen molar-refractivity contribution in [3.63, 3.8) is 0 Å². The molecule has 6 heteroatoms. The molecule has 19 heavy (non-hydrogen) atoms. The summed E-state index contributed by atoms with van der Waals surface area (Å²) in [5, 5.41) is 9.20. The maximum atomic E-state index is 11.2. The summed E-state index contributed by atoms with van der Waals surface area (Å²) in [5.41, 5.74) is 0.878. The van der Waals surface area contributed by atoms with Gasteiger partial charge >= 0.3 is 5.97 Å². The van der Waals surface area contributed by atoms with Crippen LogP contribution in [0, 0.1) is 19.8 Å². The molecule has 0 radical (unpaired) electrons. The summed E-state index contributed by atoms with van der Waals surface area (Å²) in [4.78, 5) is 17.6. The number of rotatable bonds is 5. The van der Waals surface area contributed by atoms with Crippen LogP contribution in [-0.2, 0) is 16.1 Å². The molecule has 1 aromatic heterocycles. The second-order valence-electron chi connectivity index (χ2n) is 4.86. The summed E-state index contributed by atoms with van der Waals surface area (Å²) < 4.78 is 10.9. The lowest BCUT2D eigenvalue weighted by atomic mass is 10.0. The minimum Gasteiger partial charge on any atom is -0.481 e. The number of carbonyl (C=O) groups is 1. The van der Waals surface area contributed by atoms with Crippen molar-refractivity contribution in [1.29, 1.82) is 0 Å². The molecular formula is C13H20N2O4. The zero-order valence-corrected chi connectivity index (χ0v) is 11.5. The van der Waals surface area contributed by atoms with Crippen LogP contribution < -0.4 is 0 Å². The number of oxazole rings is 1. The van der Waals surface area contributed by atoms with Gasteiger partial charge in [-0.3, -0.25) is 9.69 Å². The van der Waals surface area contributed by atoms with Gasteiger partial charge in [0.15, 0.2) is 0 Å². The lowest BCUT2D eigenvalue weighted by Crippen LogP contribution is -2.42. The molecule has 6 nitrogen and oxygen atoms in total. The molecule has 1 aliphatic rings. The number of likely N-dealkylation sites (N-methyl/N-ethyl adjacent to an activating group) is 1. The van der Waals surface area contributed by atoms with E-state index in [0.29, 0.717) is 19.0 Å². The van der Waals surface area contributed by atoms with E-state index in [4.69, 9.17) is 9.15 Å². The summed E-state index contributed by atoms with van der Waals surface area (Å²) in [6, 6.07) is -0.116. The van der Waals surface area contributed by atoms with Gasteiger partial charge in [0.05, 0.1) is 31.4 Å². The largest absolute Gasteiger partial charge is 0.481 e. The summed E-state index contributed by atoms with van der Waals surface area (Å²) in [6.07, 6.45) is 0. The van der Waals surface area contributed by atoms with Gasteiger partial charge in [-0.05, 0) is 20.4 Å². The van der Waals surface area contributed by atoms with Crippen LogP contribution in [0.1, 0.15) is 24.3 Å². The van der Waals surface area contributed by atoms with E-state index >= 15 is 0 Å². The molecule has 0 aliphatic carbocycles. The van der Waals surface area contributed by atoms with E-state index in [9.17, 15) is 9.90 Å². The Labute approximate surface area is 112 Å². The van der Waals surface area contributed by atoms with Gasteiger partial charge < -0.3 is 14.3 Å². The lowest BCUT2D eigenvalue weighted by molar-refractivity contribution is -0.143. The van der Waals surface area contributed by atoms with Gasteiger partial charge in [0.2, 0.25) is 5.89 Å². The Morgan fingerprint density at radius 2 is 2.21 bits per heavy atom. The van der Waals surface area contributed by atoms with Crippen molar-refractivity contribution < 1.29 is 19.1 Å². The molecule has 1 aromatic rings. The number of aromatic nitrogens is 1. The number of nitrogens with zero attached hydrogens (tertiary/aromatic N) is 2. The predicted octanol–water partition coefficient (Wildman–Crippen LogP) is 1.21. The molecule has 2 heterocycles. The van der Waals surface area contributed by atoms with Crippen LogP contribution >= 0.6 is 0 Å². The molecule has 1 aliphatic heterocycles. The Bertz CT molecular complexity index is 438. The van der Waals surface area contributed by atoms with Crippen molar-refractivity contribution in [3.8, 4) is 0 Å². The normalized spacial score (nSPS) is 23.2. The minimum absolute atomic E-state index is 0.116. The molecule has 2 atom stereocenters. The Kier molecular flexibility index (Phi) is 4.21. The third kappa shape index (κ3) is 2.96. The van der Waals surface area contributed by atoms with Crippen LogP contribution in [0.25, 0.3) is 0 Å². The fourth-order valence-corrected chi connectivity index (χ4v) is 2.38. The highest BCUT2D eigenvalue weighted by atomic mass is 16.5. The van der Waals surface area contributed by atoms with Crippen molar-refractivity contribution >= 4 is 5.97 Å². The van der Waals surface area contributed by atoms with E-state index in [1.165, 1.54) is 0 Å². The number of aryl methyl sites for hydroxylation is 2. The van der Waals surface area contributed by atoms with Crippen LogP contribution in [0.2, 0.25) is 0 Å². The molecule has 0 bridgehead atoms. The Morgan fingerprint density at radius 3 is 2.74 bits per heavy atom. The van der Waals surface area contributed by atoms with Crippen LogP contribution in [-0.4, -0.2) is 46.8 Å². The average molecular weight is 268 g/mol. The molecule has 2 rings (SSSR count). The quantitative estimate of drug-likeness (QED) is 0.865. The zero-order chi connectivity index (χ0) is 14.0. The SMILES string of the molecule is CCN(Cc1nc(C)c(C)o1)C1COCC1C(=O)O. The molecule has 106 valence electrons. The van der Waals surface area contributed by atoms with Gasteiger partial charge in [-0.2, -0.15) is 0 Å². The summed E-state index contributed by atoms with van der Waals surface area (Å²) in [6.45, 7) is 7.75. The monoisotopic (exact) mass is 268 g/mol. The summed E-state index contributed by atoms with van der Waals surface area (Å²) in [5.74, 6) is 0.161. The Hall–Kier alpha value is -1.40. The number of hydrogen-bond acceptors (Lipinski definition) is 5. The number of ether oxygens (including phenoxy) is 1. The molecule has 1 saturated heterocycles. The first-order chi connectivity index (χ1) is 9.02. The molecule has 0 saturated carbocycles. The smallest absolute Gasteiger partial charge is 0.310 e. The van der Waals surface area contributed by atoms with Gasteiger partial charge in [-0.25, -0.2) is 4.98 Å². The second-order valence-corrected chi connectivity index (χ2v) is 4.86. The Balaban J connectivity index is 2.09. The van der Waals surface area contributed by atoms with Crippen LogP contribution in [0.15, 0.2) is 4.42 Å². The van der Waals surface area contributed by atoms with Crippen molar-refractivity contribution in [1.82, 2.24) is 9.88 Å². The molecular weight excluding hydrogens is 248 g/mol. The molecule has 2 unspecified atom stereocenters. The molecule has 1 fully saturated rings. The lowest BCUT2D eigenvalue weighted by Gasteiger charge is -2.27. The number of carboxylic acid groups (broad SMARTS) is 1. The van der Waals surface area contributed by atoms with Crippen molar-refractivity contribution in [3.05, 3.63) is 17.3 Å². The number of carboxylic acids is 1. The topological polar surface area (TPSA) is 75.8 Å². The van der Waals surface area contributed by atoms with Crippen LogP contribution in [0.4, 0.5) is 0 Å². The summed E-state index contributed by atoms with van der Waals surface area (Å²) >= 11 is 0. The number of hydrogen-bond donors (Lipinski definition) is 1. The maximum Gasteiger partial charge on any atom is 0.310 e. The zero-order valence-electron chi connectivity index (χ0n) is 11.5. The summed E-state index contributed by atoms with van der Waals surface area (Å²) in [7, 11) is 0. The first-order valence-corrected chi connectivity index (χ1v) is 6.50. The highest BCUT2D eigenvalue weighted by Crippen LogP contribution is 2.22. The van der Waals surface area contributed by atoms with E-state index in [2.05, 4.69) is 9.88 Å². The van der Waals surface area contributed by atoms with Gasteiger partial charge in [0.1, 0.15) is 5.76 Å². The van der Waals surface area contributed by atoms with E-state index in [1.54, 1.807) is 0 Å². The van der Waals surface area contributed by atoms with Gasteiger partial charge in [0, 0.05) is 6.04 Å². The fourth-order valence-electron chi connectivity index (χ4n) is 2.38.